The molecule has 2 aromatic carbocycles. The van der Waals surface area contributed by atoms with Crippen LogP contribution in [0.4, 0.5) is 0 Å². The van der Waals surface area contributed by atoms with Crippen molar-refractivity contribution in [3.8, 4) is 0 Å². The highest BCUT2D eigenvalue weighted by molar-refractivity contribution is 5.17. The molecular weight excluding hydrogens is 262 g/mol. The maximum atomic E-state index is 5.59. The van der Waals surface area contributed by atoms with Crippen LogP contribution in [0.25, 0.3) is 0 Å². The minimum absolute atomic E-state index is 0.0996. The third-order valence-electron chi connectivity index (χ3n) is 3.60. The molecule has 1 heterocycles. The highest BCUT2D eigenvalue weighted by atomic mass is 16.7. The van der Waals surface area contributed by atoms with Crippen LogP contribution in [0.3, 0.4) is 0 Å². The maximum absolute atomic E-state index is 5.59. The van der Waals surface area contributed by atoms with Gasteiger partial charge in [0.15, 0.2) is 6.29 Å². The summed E-state index contributed by atoms with van der Waals surface area (Å²) in [4.78, 5) is 2.38. The Bertz CT molecular complexity index is 482. The van der Waals surface area contributed by atoms with Crippen LogP contribution in [0.5, 0.6) is 0 Å². The second-order valence-corrected chi connectivity index (χ2v) is 5.31. The summed E-state index contributed by atoms with van der Waals surface area (Å²) in [6.45, 7) is 4.01. The molecule has 1 aliphatic rings. The van der Waals surface area contributed by atoms with Gasteiger partial charge >= 0.3 is 0 Å². The van der Waals surface area contributed by atoms with Crippen LogP contribution in [-0.4, -0.2) is 30.9 Å². The Hall–Kier alpha value is -1.68. The number of hydrogen-bond donors (Lipinski definition) is 0. The van der Waals surface area contributed by atoms with Gasteiger partial charge in [-0.25, -0.2) is 0 Å². The second kappa shape index (κ2) is 7.36. The van der Waals surface area contributed by atoms with Gasteiger partial charge in [0.1, 0.15) is 0 Å². The minimum Gasteiger partial charge on any atom is -0.349 e. The molecule has 0 radical (unpaired) electrons. The SMILES string of the molecule is c1ccc(CN(Cc2ccccc2)CC2OCCO2)cc1. The van der Waals surface area contributed by atoms with Crippen LogP contribution in [-0.2, 0) is 22.6 Å². The molecule has 2 aromatic rings. The molecule has 0 N–H and O–H groups in total. The summed E-state index contributed by atoms with van der Waals surface area (Å²) in [6, 6.07) is 21.1. The lowest BCUT2D eigenvalue weighted by atomic mass is 10.1. The standard InChI is InChI=1S/C18H21NO2/c1-3-7-16(8-4-1)13-19(15-18-20-11-12-21-18)14-17-9-5-2-6-10-17/h1-10,18H,11-15H2. The highest BCUT2D eigenvalue weighted by Crippen LogP contribution is 2.13. The van der Waals surface area contributed by atoms with E-state index in [0.717, 1.165) is 19.6 Å². The molecule has 1 aliphatic heterocycles. The van der Waals surface area contributed by atoms with Gasteiger partial charge in [0.05, 0.1) is 19.8 Å². The Morgan fingerprint density at radius 1 is 0.762 bits per heavy atom. The van der Waals surface area contributed by atoms with Crippen LogP contribution in [0, 0.1) is 0 Å². The number of nitrogens with zero attached hydrogens (tertiary/aromatic N) is 1. The lowest BCUT2D eigenvalue weighted by molar-refractivity contribution is -0.0647. The van der Waals surface area contributed by atoms with Crippen molar-refractivity contribution >= 4 is 0 Å². The Morgan fingerprint density at radius 2 is 1.24 bits per heavy atom. The van der Waals surface area contributed by atoms with Gasteiger partial charge in [0, 0.05) is 13.1 Å². The smallest absolute Gasteiger partial charge is 0.170 e. The van der Waals surface area contributed by atoms with E-state index >= 15 is 0 Å². The molecule has 0 aliphatic carbocycles. The van der Waals surface area contributed by atoms with Crippen LogP contribution in [0.2, 0.25) is 0 Å². The highest BCUT2D eigenvalue weighted by Gasteiger charge is 2.20. The first-order valence-electron chi connectivity index (χ1n) is 7.43. The van der Waals surface area contributed by atoms with Gasteiger partial charge < -0.3 is 9.47 Å². The van der Waals surface area contributed by atoms with Crippen molar-refractivity contribution in [2.24, 2.45) is 0 Å². The fourth-order valence-electron chi connectivity index (χ4n) is 2.59. The summed E-state index contributed by atoms with van der Waals surface area (Å²) in [7, 11) is 0. The maximum Gasteiger partial charge on any atom is 0.170 e. The van der Waals surface area contributed by atoms with Crippen molar-refractivity contribution in [2.45, 2.75) is 19.4 Å². The zero-order chi connectivity index (χ0) is 14.3. The average molecular weight is 283 g/mol. The van der Waals surface area contributed by atoms with E-state index in [1.807, 2.05) is 12.1 Å². The van der Waals surface area contributed by atoms with Crippen molar-refractivity contribution < 1.29 is 9.47 Å². The summed E-state index contributed by atoms with van der Waals surface area (Å²) >= 11 is 0. The van der Waals surface area contributed by atoms with E-state index < -0.39 is 0 Å². The van der Waals surface area contributed by atoms with E-state index in [1.165, 1.54) is 11.1 Å². The lowest BCUT2D eigenvalue weighted by Gasteiger charge is -2.25. The summed E-state index contributed by atoms with van der Waals surface area (Å²) < 4.78 is 11.2. The van der Waals surface area contributed by atoms with Crippen molar-refractivity contribution in [3.05, 3.63) is 71.8 Å². The van der Waals surface area contributed by atoms with Gasteiger partial charge in [-0.2, -0.15) is 0 Å². The quantitative estimate of drug-likeness (QED) is 0.813. The van der Waals surface area contributed by atoms with Gasteiger partial charge in [-0.05, 0) is 11.1 Å². The molecule has 0 amide bonds. The Kier molecular flexibility index (Phi) is 5.00. The molecule has 3 heteroatoms. The van der Waals surface area contributed by atoms with E-state index in [0.29, 0.717) is 13.2 Å². The third-order valence-corrected chi connectivity index (χ3v) is 3.60. The van der Waals surface area contributed by atoms with Crippen LogP contribution >= 0.6 is 0 Å². The Labute approximate surface area is 126 Å². The number of hydrogen-bond acceptors (Lipinski definition) is 3. The average Bonchev–Trinajstić information content (AvgIpc) is 3.02. The molecule has 1 fully saturated rings. The number of rotatable bonds is 6. The predicted octanol–water partition coefficient (Wildman–Crippen LogP) is 3.06. The minimum atomic E-state index is -0.0996. The molecule has 0 saturated carbocycles. The molecular formula is C18H21NO2. The second-order valence-electron chi connectivity index (χ2n) is 5.31. The summed E-state index contributed by atoms with van der Waals surface area (Å²) in [6.07, 6.45) is -0.0996. The van der Waals surface area contributed by atoms with Crippen molar-refractivity contribution in [1.29, 1.82) is 0 Å². The van der Waals surface area contributed by atoms with Gasteiger partial charge in [0.2, 0.25) is 0 Å². The molecule has 0 spiro atoms. The fraction of sp³-hybridized carbons (Fsp3) is 0.333. The first-order valence-corrected chi connectivity index (χ1v) is 7.43. The van der Waals surface area contributed by atoms with Gasteiger partial charge in [0.25, 0.3) is 0 Å². The Morgan fingerprint density at radius 3 is 1.71 bits per heavy atom. The first kappa shape index (κ1) is 14.3. The van der Waals surface area contributed by atoms with Crippen molar-refractivity contribution in [2.75, 3.05) is 19.8 Å². The first-order chi connectivity index (χ1) is 10.4. The summed E-state index contributed by atoms with van der Waals surface area (Å²) in [5, 5.41) is 0. The summed E-state index contributed by atoms with van der Waals surface area (Å²) in [5.74, 6) is 0. The fourth-order valence-corrected chi connectivity index (χ4v) is 2.59. The Balaban J connectivity index is 1.67. The van der Waals surface area contributed by atoms with Crippen LogP contribution in [0.1, 0.15) is 11.1 Å². The zero-order valence-corrected chi connectivity index (χ0v) is 12.2. The van der Waals surface area contributed by atoms with E-state index in [4.69, 9.17) is 9.47 Å². The molecule has 3 nitrogen and oxygen atoms in total. The van der Waals surface area contributed by atoms with E-state index in [2.05, 4.69) is 53.4 Å². The molecule has 0 aromatic heterocycles. The normalized spacial score (nSPS) is 15.7. The third kappa shape index (κ3) is 4.39. The molecule has 0 unspecified atom stereocenters. The van der Waals surface area contributed by atoms with Crippen molar-refractivity contribution in [1.82, 2.24) is 4.90 Å². The molecule has 0 atom stereocenters. The topological polar surface area (TPSA) is 21.7 Å². The zero-order valence-electron chi connectivity index (χ0n) is 12.2. The van der Waals surface area contributed by atoms with Crippen molar-refractivity contribution in [3.63, 3.8) is 0 Å². The molecule has 1 saturated heterocycles. The predicted molar refractivity (Wildman–Crippen MR) is 82.7 cm³/mol. The molecule has 0 bridgehead atoms. The van der Waals surface area contributed by atoms with E-state index in [9.17, 15) is 0 Å². The van der Waals surface area contributed by atoms with Gasteiger partial charge in [-0.1, -0.05) is 60.7 Å². The largest absolute Gasteiger partial charge is 0.349 e. The molecule has 110 valence electrons. The van der Waals surface area contributed by atoms with E-state index in [-0.39, 0.29) is 6.29 Å². The monoisotopic (exact) mass is 283 g/mol. The van der Waals surface area contributed by atoms with Crippen LogP contribution in [0.15, 0.2) is 60.7 Å². The van der Waals surface area contributed by atoms with Gasteiger partial charge in [-0.3, -0.25) is 4.90 Å². The summed E-state index contributed by atoms with van der Waals surface area (Å²) in [5.41, 5.74) is 2.62. The molecule has 3 rings (SSSR count). The lowest BCUT2D eigenvalue weighted by Crippen LogP contribution is -2.32. The van der Waals surface area contributed by atoms with Crippen LogP contribution < -0.4 is 0 Å². The number of benzene rings is 2. The molecule has 21 heavy (non-hydrogen) atoms. The van der Waals surface area contributed by atoms with E-state index in [1.54, 1.807) is 0 Å². The van der Waals surface area contributed by atoms with Gasteiger partial charge in [-0.15, -0.1) is 0 Å². The number of ether oxygens (including phenoxy) is 2.